The van der Waals surface area contributed by atoms with Crippen molar-refractivity contribution in [1.82, 2.24) is 0 Å². The van der Waals surface area contributed by atoms with E-state index in [1.807, 2.05) is 26.0 Å². The molecule has 2 aromatic carbocycles. The van der Waals surface area contributed by atoms with Crippen LogP contribution in [0, 0.1) is 5.92 Å². The summed E-state index contributed by atoms with van der Waals surface area (Å²) in [7, 11) is 2.06. The van der Waals surface area contributed by atoms with Crippen LogP contribution >= 0.6 is 11.8 Å². The topological polar surface area (TPSA) is 24.2 Å². The first-order valence-corrected chi connectivity index (χ1v) is 10.7. The Bertz CT molecular complexity index is 1130. The molecule has 0 spiro atoms. The van der Waals surface area contributed by atoms with Gasteiger partial charge in [0.05, 0.1) is 22.6 Å². The fraction of sp³-hybridized carbons (Fsp3) is 0.200. The smallest absolute Gasteiger partial charge is 0.212 e. The first-order chi connectivity index (χ1) is 14.0. The van der Waals surface area contributed by atoms with Gasteiger partial charge in [0.15, 0.2) is 12.0 Å². The number of rotatable bonds is 5. The molecule has 0 saturated carbocycles. The number of hydrogen-bond acceptors (Lipinski definition) is 3. The summed E-state index contributed by atoms with van der Waals surface area (Å²) in [6.07, 6.45) is 8.42. The molecule has 2 heterocycles. The van der Waals surface area contributed by atoms with Crippen molar-refractivity contribution in [1.29, 1.82) is 0 Å². The minimum absolute atomic E-state index is 0.0287. The maximum atomic E-state index is 12.4. The van der Waals surface area contributed by atoms with Crippen LogP contribution in [0.15, 0.2) is 82.9 Å². The number of anilines is 1. The molecular formula is C25H25N2OS+. The van der Waals surface area contributed by atoms with Gasteiger partial charge in [0.2, 0.25) is 5.52 Å². The Balaban J connectivity index is 1.65. The maximum Gasteiger partial charge on any atom is 0.212 e. The van der Waals surface area contributed by atoms with Crippen LogP contribution < -0.4 is 9.47 Å². The Kier molecular flexibility index (Phi) is 5.54. The zero-order valence-electron chi connectivity index (χ0n) is 17.0. The highest BCUT2D eigenvalue weighted by Gasteiger charge is 2.26. The van der Waals surface area contributed by atoms with E-state index in [9.17, 15) is 4.79 Å². The molecule has 1 aliphatic heterocycles. The summed E-state index contributed by atoms with van der Waals surface area (Å²) in [5, 5.41) is 2.31. The first kappa shape index (κ1) is 19.5. The summed E-state index contributed by atoms with van der Waals surface area (Å²) in [5.41, 5.74) is 3.50. The van der Waals surface area contributed by atoms with Crippen LogP contribution in [0.2, 0.25) is 0 Å². The number of benzene rings is 2. The lowest BCUT2D eigenvalue weighted by Gasteiger charge is -2.20. The van der Waals surface area contributed by atoms with Gasteiger partial charge in [-0.25, -0.2) is 4.57 Å². The third-order valence-corrected chi connectivity index (χ3v) is 6.31. The minimum atomic E-state index is 0.0287. The second kappa shape index (κ2) is 8.26. The van der Waals surface area contributed by atoms with Crippen molar-refractivity contribution in [3.05, 3.63) is 83.5 Å². The van der Waals surface area contributed by atoms with E-state index < -0.39 is 0 Å². The summed E-state index contributed by atoms with van der Waals surface area (Å²) < 4.78 is 2.13. The summed E-state index contributed by atoms with van der Waals surface area (Å²) >= 11 is 1.72. The molecule has 29 heavy (non-hydrogen) atoms. The monoisotopic (exact) mass is 401 g/mol. The summed E-state index contributed by atoms with van der Waals surface area (Å²) in [4.78, 5) is 15.8. The van der Waals surface area contributed by atoms with Gasteiger partial charge < -0.3 is 4.90 Å². The average Bonchev–Trinajstić information content (AvgIpc) is 3.07. The third kappa shape index (κ3) is 3.99. The molecule has 0 radical (unpaired) electrons. The molecule has 0 aliphatic carbocycles. The van der Waals surface area contributed by atoms with Gasteiger partial charge in [-0.15, -0.1) is 0 Å². The van der Waals surface area contributed by atoms with Gasteiger partial charge in [-0.3, -0.25) is 4.79 Å². The summed E-state index contributed by atoms with van der Waals surface area (Å²) in [5.74, 6) is 0.278. The first-order valence-electron chi connectivity index (χ1n) is 9.87. The van der Waals surface area contributed by atoms with E-state index in [1.165, 1.54) is 21.4 Å². The van der Waals surface area contributed by atoms with E-state index in [0.717, 1.165) is 10.7 Å². The van der Waals surface area contributed by atoms with Gasteiger partial charge in [-0.05, 0) is 29.8 Å². The molecule has 0 amide bonds. The Hall–Kier alpha value is -2.85. The largest absolute Gasteiger partial charge is 0.327 e. The molecule has 0 unspecified atom stereocenters. The third-order valence-electron chi connectivity index (χ3n) is 5.18. The number of carbonyl (C=O) groups is 1. The number of ketones is 1. The Labute approximate surface area is 176 Å². The molecule has 0 N–H and O–H groups in total. The van der Waals surface area contributed by atoms with E-state index in [1.54, 1.807) is 11.8 Å². The summed E-state index contributed by atoms with van der Waals surface area (Å²) in [6.45, 7) is 4.33. The van der Waals surface area contributed by atoms with E-state index in [4.69, 9.17) is 0 Å². The Morgan fingerprint density at radius 3 is 2.69 bits per heavy atom. The molecule has 3 nitrogen and oxygen atoms in total. The molecule has 1 aliphatic rings. The number of Topliss-reactive ketones (excluding diaryl/α,β-unsaturated/α-hetero) is 1. The van der Waals surface area contributed by atoms with Crippen molar-refractivity contribution in [2.24, 2.45) is 13.0 Å². The van der Waals surface area contributed by atoms with Crippen molar-refractivity contribution in [2.75, 3.05) is 11.4 Å². The molecule has 4 heteroatoms. The molecule has 0 fully saturated rings. The number of carbonyl (C=O) groups excluding carboxylic acids is 1. The number of aryl methyl sites for hydroxylation is 1. The van der Waals surface area contributed by atoms with Crippen LogP contribution in [-0.4, -0.2) is 12.3 Å². The number of allylic oxidation sites excluding steroid dienone is 2. The van der Waals surface area contributed by atoms with Crippen LogP contribution in [0.3, 0.4) is 0 Å². The van der Waals surface area contributed by atoms with Gasteiger partial charge in [-0.1, -0.05) is 62.0 Å². The lowest BCUT2D eigenvalue weighted by molar-refractivity contribution is -0.644. The lowest BCUT2D eigenvalue weighted by Crippen LogP contribution is -2.28. The molecule has 1 aromatic heterocycles. The number of aromatic nitrogens is 1. The van der Waals surface area contributed by atoms with Crippen molar-refractivity contribution in [3.63, 3.8) is 0 Å². The number of hydrogen-bond donors (Lipinski definition) is 0. The SMILES string of the molecule is CC(C)C(=O)CN1/C(=C/C=C/c2cc[n+](C)c3ccccc23)Sc2ccccc21. The van der Waals surface area contributed by atoms with Crippen molar-refractivity contribution in [3.8, 4) is 0 Å². The molecule has 3 aromatic rings. The quantitative estimate of drug-likeness (QED) is 0.538. The van der Waals surface area contributed by atoms with Crippen LogP contribution in [0.5, 0.6) is 0 Å². The second-order valence-corrected chi connectivity index (χ2v) is 8.60. The zero-order chi connectivity index (χ0) is 20.4. The maximum absolute atomic E-state index is 12.4. The van der Waals surface area contributed by atoms with Crippen molar-refractivity contribution in [2.45, 2.75) is 18.7 Å². The van der Waals surface area contributed by atoms with Crippen LogP contribution in [0.25, 0.3) is 17.0 Å². The number of nitrogens with zero attached hydrogens (tertiary/aromatic N) is 2. The summed E-state index contributed by atoms with van der Waals surface area (Å²) in [6, 6.07) is 18.8. The van der Waals surface area contributed by atoms with Crippen LogP contribution in [0.4, 0.5) is 5.69 Å². The number of para-hydroxylation sites is 2. The van der Waals surface area contributed by atoms with Gasteiger partial charge in [0.25, 0.3) is 0 Å². The predicted octanol–water partition coefficient (Wildman–Crippen LogP) is 5.36. The van der Waals surface area contributed by atoms with Gasteiger partial charge in [-0.2, -0.15) is 0 Å². The fourth-order valence-corrected chi connectivity index (χ4v) is 4.52. The van der Waals surface area contributed by atoms with Crippen LogP contribution in [0.1, 0.15) is 19.4 Å². The molecular weight excluding hydrogens is 376 g/mol. The molecule has 0 saturated heterocycles. The zero-order valence-corrected chi connectivity index (χ0v) is 17.8. The van der Waals surface area contributed by atoms with Crippen LogP contribution in [-0.2, 0) is 11.8 Å². The Morgan fingerprint density at radius 1 is 1.10 bits per heavy atom. The highest BCUT2D eigenvalue weighted by atomic mass is 32.2. The predicted molar refractivity (Wildman–Crippen MR) is 122 cm³/mol. The van der Waals surface area contributed by atoms with Crippen molar-refractivity contribution >= 4 is 40.2 Å². The fourth-order valence-electron chi connectivity index (χ4n) is 3.45. The number of thioether (sulfide) groups is 1. The lowest BCUT2D eigenvalue weighted by atomic mass is 10.1. The van der Waals surface area contributed by atoms with Gasteiger partial charge in [0.1, 0.15) is 7.05 Å². The molecule has 0 bridgehead atoms. The number of fused-ring (bicyclic) bond motifs is 2. The Morgan fingerprint density at radius 2 is 1.86 bits per heavy atom. The normalized spacial score (nSPS) is 15.0. The number of pyridine rings is 1. The van der Waals surface area contributed by atoms with E-state index in [-0.39, 0.29) is 11.7 Å². The highest BCUT2D eigenvalue weighted by molar-refractivity contribution is 8.03. The van der Waals surface area contributed by atoms with E-state index in [0.29, 0.717) is 6.54 Å². The highest BCUT2D eigenvalue weighted by Crippen LogP contribution is 2.45. The van der Waals surface area contributed by atoms with E-state index >= 15 is 0 Å². The molecule has 146 valence electrons. The second-order valence-electron chi connectivity index (χ2n) is 7.54. The van der Waals surface area contributed by atoms with Gasteiger partial charge in [0, 0.05) is 22.9 Å². The molecule has 4 rings (SSSR count). The minimum Gasteiger partial charge on any atom is -0.327 e. The standard InChI is InChI=1S/C25H25N2OS/c1-18(2)23(28)17-27-22-12-6-7-13-24(22)29-25(27)14-8-9-19-15-16-26(3)21-11-5-4-10-20(19)21/h4-16,18H,17H2,1-3H3/q+1. The van der Waals surface area contributed by atoms with Crippen molar-refractivity contribution < 1.29 is 9.36 Å². The van der Waals surface area contributed by atoms with E-state index in [2.05, 4.69) is 83.4 Å². The average molecular weight is 402 g/mol. The van der Waals surface area contributed by atoms with Gasteiger partial charge >= 0.3 is 0 Å². The molecule has 0 atom stereocenters.